The molecular formula is C17H14Cl3NO4. The Kier molecular flexibility index (Phi) is 6.93. The highest BCUT2D eigenvalue weighted by Gasteiger charge is 2.11. The molecule has 0 bridgehead atoms. The van der Waals surface area contributed by atoms with Gasteiger partial charge in [-0.15, -0.1) is 0 Å². The first-order valence-corrected chi connectivity index (χ1v) is 8.28. The van der Waals surface area contributed by atoms with Gasteiger partial charge < -0.3 is 14.8 Å². The van der Waals surface area contributed by atoms with E-state index in [1.54, 1.807) is 30.3 Å². The number of anilines is 1. The number of esters is 1. The summed E-state index contributed by atoms with van der Waals surface area (Å²) < 4.78 is 10.1. The number of ether oxygens (including phenoxy) is 2. The topological polar surface area (TPSA) is 64.6 Å². The summed E-state index contributed by atoms with van der Waals surface area (Å²) in [5, 5.41) is 3.85. The summed E-state index contributed by atoms with van der Waals surface area (Å²) in [6, 6.07) is 9.64. The summed E-state index contributed by atoms with van der Waals surface area (Å²) in [5.74, 6) is -0.742. The molecule has 1 amide bonds. The average Bonchev–Trinajstić information content (AvgIpc) is 2.57. The van der Waals surface area contributed by atoms with Crippen LogP contribution in [0, 0.1) is 6.92 Å². The van der Waals surface area contributed by atoms with Gasteiger partial charge in [0.05, 0.1) is 10.7 Å². The third-order valence-corrected chi connectivity index (χ3v) is 4.04. The number of nitrogens with one attached hydrogen (secondary N) is 1. The maximum absolute atomic E-state index is 11.8. The number of carbonyl (C=O) groups excluding carboxylic acids is 2. The third-order valence-electron chi connectivity index (χ3n) is 3.05. The van der Waals surface area contributed by atoms with Crippen LogP contribution in [0.25, 0.3) is 0 Å². The van der Waals surface area contributed by atoms with Crippen molar-refractivity contribution in [3.05, 3.63) is 57.0 Å². The summed E-state index contributed by atoms with van der Waals surface area (Å²) in [4.78, 5) is 23.4. The minimum absolute atomic E-state index is 0.325. The zero-order valence-corrected chi connectivity index (χ0v) is 15.4. The molecule has 0 saturated carbocycles. The fourth-order valence-electron chi connectivity index (χ4n) is 1.82. The second kappa shape index (κ2) is 8.94. The minimum atomic E-state index is -0.681. The highest BCUT2D eigenvalue weighted by molar-refractivity contribution is 6.35. The molecule has 0 saturated heterocycles. The van der Waals surface area contributed by atoms with Crippen LogP contribution in [-0.4, -0.2) is 25.1 Å². The van der Waals surface area contributed by atoms with Gasteiger partial charge in [0.25, 0.3) is 5.91 Å². The Bertz CT molecular complexity index is 795. The van der Waals surface area contributed by atoms with Crippen molar-refractivity contribution in [1.29, 1.82) is 0 Å². The Labute approximate surface area is 159 Å². The first-order chi connectivity index (χ1) is 11.8. The maximum Gasteiger partial charge on any atom is 0.344 e. The molecule has 2 aromatic rings. The largest absolute Gasteiger partial charge is 0.482 e. The first-order valence-electron chi connectivity index (χ1n) is 7.14. The van der Waals surface area contributed by atoms with Crippen molar-refractivity contribution in [3.63, 3.8) is 0 Å². The van der Waals surface area contributed by atoms with Crippen LogP contribution in [0.1, 0.15) is 5.56 Å². The van der Waals surface area contributed by atoms with E-state index < -0.39 is 18.5 Å². The van der Waals surface area contributed by atoms with Crippen molar-refractivity contribution >= 4 is 52.4 Å². The van der Waals surface area contributed by atoms with Gasteiger partial charge in [0.2, 0.25) is 0 Å². The Balaban J connectivity index is 1.78. The standard InChI is InChI=1S/C17H14Cl3NO4/c1-10-6-12(3-5-13(10)19)24-9-17(23)25-8-16(22)21-15-7-11(18)2-4-14(15)20/h2-7H,8-9H2,1H3,(H,21,22). The number of aryl methyl sites for hydroxylation is 1. The van der Waals surface area contributed by atoms with Crippen LogP contribution >= 0.6 is 34.8 Å². The molecule has 5 nitrogen and oxygen atoms in total. The van der Waals surface area contributed by atoms with Crippen LogP contribution in [0.4, 0.5) is 5.69 Å². The van der Waals surface area contributed by atoms with E-state index in [0.29, 0.717) is 26.5 Å². The van der Waals surface area contributed by atoms with Gasteiger partial charge in [0, 0.05) is 10.0 Å². The molecule has 2 rings (SSSR count). The zero-order chi connectivity index (χ0) is 18.4. The molecule has 2 aromatic carbocycles. The molecule has 1 N–H and O–H groups in total. The van der Waals surface area contributed by atoms with Gasteiger partial charge in [-0.1, -0.05) is 34.8 Å². The van der Waals surface area contributed by atoms with Crippen LogP contribution < -0.4 is 10.1 Å². The molecule has 0 aliphatic heterocycles. The number of benzene rings is 2. The van der Waals surface area contributed by atoms with E-state index in [4.69, 9.17) is 44.3 Å². The summed E-state index contributed by atoms with van der Waals surface area (Å²) >= 11 is 17.7. The Morgan fingerprint density at radius 3 is 2.44 bits per heavy atom. The van der Waals surface area contributed by atoms with Crippen molar-refractivity contribution in [1.82, 2.24) is 0 Å². The van der Waals surface area contributed by atoms with Crippen LogP contribution in [0.15, 0.2) is 36.4 Å². The first kappa shape index (κ1) is 19.4. The van der Waals surface area contributed by atoms with Crippen LogP contribution in [0.2, 0.25) is 15.1 Å². The number of halogens is 3. The molecule has 0 heterocycles. The molecule has 8 heteroatoms. The molecule has 0 spiro atoms. The fourth-order valence-corrected chi connectivity index (χ4v) is 2.27. The van der Waals surface area contributed by atoms with E-state index >= 15 is 0 Å². The van der Waals surface area contributed by atoms with Crippen LogP contribution in [0.3, 0.4) is 0 Å². The van der Waals surface area contributed by atoms with E-state index in [1.807, 2.05) is 6.92 Å². The molecule has 25 heavy (non-hydrogen) atoms. The number of hydrogen-bond donors (Lipinski definition) is 1. The molecule has 0 aliphatic rings. The van der Waals surface area contributed by atoms with E-state index in [2.05, 4.69) is 5.32 Å². The lowest BCUT2D eigenvalue weighted by atomic mass is 10.2. The fraction of sp³-hybridized carbons (Fsp3) is 0.176. The summed E-state index contributed by atoms with van der Waals surface area (Å²) in [7, 11) is 0. The zero-order valence-electron chi connectivity index (χ0n) is 13.1. The monoisotopic (exact) mass is 401 g/mol. The second-order valence-corrected chi connectivity index (χ2v) is 6.28. The van der Waals surface area contributed by atoms with Gasteiger partial charge in [-0.25, -0.2) is 4.79 Å². The average molecular weight is 403 g/mol. The molecule has 0 aromatic heterocycles. The van der Waals surface area contributed by atoms with Crippen LogP contribution in [0.5, 0.6) is 5.75 Å². The third kappa shape index (κ3) is 6.12. The molecule has 0 unspecified atom stereocenters. The van der Waals surface area contributed by atoms with Crippen molar-refractivity contribution in [2.24, 2.45) is 0 Å². The van der Waals surface area contributed by atoms with E-state index in [9.17, 15) is 9.59 Å². The van der Waals surface area contributed by atoms with Gasteiger partial charge in [0.1, 0.15) is 5.75 Å². The highest BCUT2D eigenvalue weighted by atomic mass is 35.5. The van der Waals surface area contributed by atoms with Crippen molar-refractivity contribution in [2.75, 3.05) is 18.5 Å². The second-order valence-electron chi connectivity index (χ2n) is 5.03. The smallest absolute Gasteiger partial charge is 0.344 e. The van der Waals surface area contributed by atoms with Gasteiger partial charge in [-0.3, -0.25) is 4.79 Å². The van der Waals surface area contributed by atoms with Crippen molar-refractivity contribution in [3.8, 4) is 5.75 Å². The summed E-state index contributed by atoms with van der Waals surface area (Å²) in [6.45, 7) is 1.02. The number of carbonyl (C=O) groups is 2. The Morgan fingerprint density at radius 1 is 1.00 bits per heavy atom. The quantitative estimate of drug-likeness (QED) is 0.722. The number of hydrogen-bond acceptors (Lipinski definition) is 4. The van der Waals surface area contributed by atoms with E-state index in [0.717, 1.165) is 5.56 Å². The molecule has 0 radical (unpaired) electrons. The molecule has 0 fully saturated rings. The van der Waals surface area contributed by atoms with Gasteiger partial charge in [-0.05, 0) is 48.9 Å². The Morgan fingerprint density at radius 2 is 1.72 bits per heavy atom. The predicted molar refractivity (Wildman–Crippen MR) is 97.7 cm³/mol. The molecular weight excluding hydrogens is 389 g/mol. The van der Waals surface area contributed by atoms with Crippen molar-refractivity contribution < 1.29 is 19.1 Å². The summed E-state index contributed by atoms with van der Waals surface area (Å²) in [6.07, 6.45) is 0. The molecule has 132 valence electrons. The molecule has 0 aliphatic carbocycles. The lowest BCUT2D eigenvalue weighted by molar-refractivity contribution is -0.149. The maximum atomic E-state index is 11.8. The SMILES string of the molecule is Cc1cc(OCC(=O)OCC(=O)Nc2cc(Cl)ccc2Cl)ccc1Cl. The van der Waals surface area contributed by atoms with Gasteiger partial charge in [-0.2, -0.15) is 0 Å². The number of rotatable bonds is 6. The number of amides is 1. The van der Waals surface area contributed by atoms with Gasteiger partial charge in [0.15, 0.2) is 13.2 Å². The highest BCUT2D eigenvalue weighted by Crippen LogP contribution is 2.25. The van der Waals surface area contributed by atoms with Crippen LogP contribution in [-0.2, 0) is 14.3 Å². The minimum Gasteiger partial charge on any atom is -0.482 e. The molecule has 0 atom stereocenters. The Hall–Kier alpha value is -1.95. The normalized spacial score (nSPS) is 10.2. The lowest BCUT2D eigenvalue weighted by Gasteiger charge is -2.09. The van der Waals surface area contributed by atoms with E-state index in [-0.39, 0.29) is 6.61 Å². The lowest BCUT2D eigenvalue weighted by Crippen LogP contribution is -2.23. The predicted octanol–water partition coefficient (Wildman–Crippen LogP) is 4.52. The van der Waals surface area contributed by atoms with E-state index in [1.165, 1.54) is 6.07 Å². The summed E-state index contributed by atoms with van der Waals surface area (Å²) in [5.41, 5.74) is 1.16. The van der Waals surface area contributed by atoms with Gasteiger partial charge >= 0.3 is 5.97 Å². The van der Waals surface area contributed by atoms with Crippen molar-refractivity contribution in [2.45, 2.75) is 6.92 Å².